The van der Waals surface area contributed by atoms with Crippen LogP contribution in [0.2, 0.25) is 0 Å². The third kappa shape index (κ3) is 3.55. The molecule has 3 rings (SSSR count). The smallest absolute Gasteiger partial charge is 0.148 e. The van der Waals surface area contributed by atoms with E-state index in [9.17, 15) is 0 Å². The van der Waals surface area contributed by atoms with Crippen molar-refractivity contribution >= 4 is 5.82 Å². The average Bonchev–Trinajstić information content (AvgIpc) is 2.55. The van der Waals surface area contributed by atoms with Gasteiger partial charge in [-0.15, -0.1) is 5.10 Å². The maximum absolute atomic E-state index is 5.84. The van der Waals surface area contributed by atoms with Crippen molar-refractivity contribution in [2.45, 2.75) is 31.4 Å². The number of allylic oxidation sites excluding steroid dienone is 1. The fourth-order valence-corrected chi connectivity index (χ4v) is 2.88. The lowest BCUT2D eigenvalue weighted by Crippen LogP contribution is -2.49. The number of rotatable bonds is 4. The summed E-state index contributed by atoms with van der Waals surface area (Å²) in [6.45, 7) is 3.63. The van der Waals surface area contributed by atoms with Gasteiger partial charge in [-0.1, -0.05) is 12.2 Å². The van der Waals surface area contributed by atoms with Crippen LogP contribution in [0, 0.1) is 0 Å². The maximum atomic E-state index is 5.84. The van der Waals surface area contributed by atoms with Crippen LogP contribution in [0.1, 0.15) is 19.3 Å². The highest BCUT2D eigenvalue weighted by Crippen LogP contribution is 2.19. The summed E-state index contributed by atoms with van der Waals surface area (Å²) in [6, 6.07) is 4.42. The van der Waals surface area contributed by atoms with Gasteiger partial charge in [-0.2, -0.15) is 5.10 Å². The third-order valence-corrected chi connectivity index (χ3v) is 3.95. The van der Waals surface area contributed by atoms with Crippen molar-refractivity contribution in [3.05, 3.63) is 30.5 Å². The Balaban J connectivity index is 1.50. The highest BCUT2D eigenvalue weighted by molar-refractivity contribution is 5.31. The van der Waals surface area contributed by atoms with Gasteiger partial charge in [0.1, 0.15) is 5.82 Å². The molecule has 2 aliphatic rings. The van der Waals surface area contributed by atoms with Gasteiger partial charge in [0.2, 0.25) is 0 Å². The van der Waals surface area contributed by atoms with E-state index < -0.39 is 0 Å². The van der Waals surface area contributed by atoms with Crippen LogP contribution in [0.4, 0.5) is 5.82 Å². The third-order valence-electron chi connectivity index (χ3n) is 3.95. The summed E-state index contributed by atoms with van der Waals surface area (Å²) in [5.41, 5.74) is 0. The minimum Gasteiger partial charge on any atom is -0.374 e. The second-order valence-electron chi connectivity index (χ2n) is 5.40. The highest BCUT2D eigenvalue weighted by atomic mass is 16.5. The molecule has 0 unspecified atom stereocenters. The topological polar surface area (TPSA) is 50.3 Å². The van der Waals surface area contributed by atoms with E-state index in [0.29, 0.717) is 6.04 Å². The molecule has 1 saturated heterocycles. The molecule has 0 amide bonds. The minimum atomic E-state index is 0.223. The van der Waals surface area contributed by atoms with E-state index in [0.717, 1.165) is 32.1 Å². The summed E-state index contributed by atoms with van der Waals surface area (Å²) in [5, 5.41) is 11.2. The molecule has 1 aromatic rings. The van der Waals surface area contributed by atoms with Gasteiger partial charge in [-0.25, -0.2) is 0 Å². The Kier molecular flexibility index (Phi) is 4.61. The van der Waals surface area contributed by atoms with Crippen LogP contribution in [0.3, 0.4) is 0 Å². The molecule has 0 spiro atoms. The first kappa shape index (κ1) is 13.5. The molecule has 0 radical (unpaired) electrons. The molecule has 0 saturated carbocycles. The van der Waals surface area contributed by atoms with E-state index in [1.54, 1.807) is 6.20 Å². The summed E-state index contributed by atoms with van der Waals surface area (Å²) in [4.78, 5) is 2.54. The zero-order chi connectivity index (χ0) is 13.6. The number of nitrogens with zero attached hydrogens (tertiary/aromatic N) is 3. The number of hydrogen-bond acceptors (Lipinski definition) is 5. The lowest BCUT2D eigenvalue weighted by molar-refractivity contribution is -0.0317. The average molecular weight is 274 g/mol. The molecule has 5 heteroatoms. The van der Waals surface area contributed by atoms with Gasteiger partial charge >= 0.3 is 0 Å². The Morgan fingerprint density at radius 3 is 3.25 bits per heavy atom. The first-order valence-corrected chi connectivity index (χ1v) is 7.46. The monoisotopic (exact) mass is 274 g/mol. The van der Waals surface area contributed by atoms with Gasteiger partial charge in [0.25, 0.3) is 0 Å². The highest BCUT2D eigenvalue weighted by Gasteiger charge is 2.25. The van der Waals surface area contributed by atoms with Crippen LogP contribution in [0.15, 0.2) is 30.5 Å². The van der Waals surface area contributed by atoms with Crippen molar-refractivity contribution in [3.63, 3.8) is 0 Å². The van der Waals surface area contributed by atoms with E-state index in [4.69, 9.17) is 4.74 Å². The summed E-state index contributed by atoms with van der Waals surface area (Å²) >= 11 is 0. The number of nitrogens with one attached hydrogen (secondary N) is 1. The van der Waals surface area contributed by atoms with E-state index >= 15 is 0 Å². The van der Waals surface area contributed by atoms with Crippen LogP contribution < -0.4 is 5.32 Å². The first-order chi connectivity index (χ1) is 9.92. The van der Waals surface area contributed by atoms with Gasteiger partial charge in [0.15, 0.2) is 0 Å². The molecular formula is C15H22N4O. The second kappa shape index (κ2) is 6.81. The summed E-state index contributed by atoms with van der Waals surface area (Å²) in [5.74, 6) is 0.811. The van der Waals surface area contributed by atoms with Crippen LogP contribution in [-0.4, -0.2) is 53.5 Å². The van der Waals surface area contributed by atoms with Crippen LogP contribution in [0.25, 0.3) is 0 Å². The van der Waals surface area contributed by atoms with Crippen molar-refractivity contribution in [1.29, 1.82) is 0 Å². The molecule has 1 aliphatic carbocycles. The van der Waals surface area contributed by atoms with Crippen molar-refractivity contribution in [1.82, 2.24) is 15.1 Å². The molecule has 5 nitrogen and oxygen atoms in total. The van der Waals surface area contributed by atoms with Gasteiger partial charge in [0, 0.05) is 31.9 Å². The van der Waals surface area contributed by atoms with E-state index in [2.05, 4.69) is 32.6 Å². The Bertz CT molecular complexity index is 437. The molecular weight excluding hydrogens is 252 g/mol. The Morgan fingerprint density at radius 2 is 2.45 bits per heavy atom. The fraction of sp³-hybridized carbons (Fsp3) is 0.600. The lowest BCUT2D eigenvalue weighted by atomic mass is 10.0. The summed E-state index contributed by atoms with van der Waals surface area (Å²) in [6.07, 6.45) is 10.4. The van der Waals surface area contributed by atoms with Crippen LogP contribution in [0.5, 0.6) is 0 Å². The van der Waals surface area contributed by atoms with Crippen molar-refractivity contribution in [2.24, 2.45) is 0 Å². The standard InChI is InChI=1S/C15H22N4O/c1-2-5-13(6-3-1)19-9-10-20-14(12-19)11-16-15-7-4-8-17-18-15/h2,4-5,7-8,13-14H,1,3,6,9-12H2,(H,16,18)/t13-,14+/m0/s1. The second-order valence-corrected chi connectivity index (χ2v) is 5.40. The molecule has 1 aromatic heterocycles. The number of anilines is 1. The van der Waals surface area contributed by atoms with Crippen molar-refractivity contribution in [2.75, 3.05) is 31.6 Å². The van der Waals surface area contributed by atoms with Crippen LogP contribution >= 0.6 is 0 Å². The van der Waals surface area contributed by atoms with Crippen molar-refractivity contribution in [3.8, 4) is 0 Å². The molecule has 2 atom stereocenters. The fourth-order valence-electron chi connectivity index (χ4n) is 2.88. The zero-order valence-electron chi connectivity index (χ0n) is 11.7. The lowest BCUT2D eigenvalue weighted by Gasteiger charge is -2.38. The number of hydrogen-bond donors (Lipinski definition) is 1. The first-order valence-electron chi connectivity index (χ1n) is 7.46. The molecule has 0 bridgehead atoms. The quantitative estimate of drug-likeness (QED) is 0.847. The van der Waals surface area contributed by atoms with E-state index in [1.807, 2.05) is 12.1 Å². The predicted molar refractivity (Wildman–Crippen MR) is 78.6 cm³/mol. The maximum Gasteiger partial charge on any atom is 0.148 e. The Labute approximate surface area is 120 Å². The summed E-state index contributed by atoms with van der Waals surface area (Å²) in [7, 11) is 0. The SMILES string of the molecule is C1=C[C@H](N2CCO[C@H](CNc3cccnn3)C2)CCC1. The van der Waals surface area contributed by atoms with Gasteiger partial charge in [-0.3, -0.25) is 4.90 Å². The zero-order valence-corrected chi connectivity index (χ0v) is 11.7. The Morgan fingerprint density at radius 1 is 1.45 bits per heavy atom. The van der Waals surface area contributed by atoms with Gasteiger partial charge in [0.05, 0.1) is 12.7 Å². The molecule has 1 aliphatic heterocycles. The number of morpholine rings is 1. The number of aromatic nitrogens is 2. The van der Waals surface area contributed by atoms with Gasteiger partial charge in [-0.05, 0) is 31.4 Å². The molecule has 1 fully saturated rings. The van der Waals surface area contributed by atoms with Crippen LogP contribution in [-0.2, 0) is 4.74 Å². The number of ether oxygens (including phenoxy) is 1. The van der Waals surface area contributed by atoms with E-state index in [1.165, 1.54) is 19.3 Å². The molecule has 2 heterocycles. The van der Waals surface area contributed by atoms with Crippen molar-refractivity contribution < 1.29 is 4.74 Å². The molecule has 1 N–H and O–H groups in total. The molecule has 0 aromatic carbocycles. The summed E-state index contributed by atoms with van der Waals surface area (Å²) < 4.78 is 5.84. The normalized spacial score (nSPS) is 27.4. The minimum absolute atomic E-state index is 0.223. The van der Waals surface area contributed by atoms with Gasteiger partial charge < -0.3 is 10.1 Å². The Hall–Kier alpha value is -1.46. The molecule has 20 heavy (non-hydrogen) atoms. The van der Waals surface area contributed by atoms with E-state index in [-0.39, 0.29) is 6.10 Å². The largest absolute Gasteiger partial charge is 0.374 e. The predicted octanol–water partition coefficient (Wildman–Crippen LogP) is 1.70. The molecule has 108 valence electrons.